The van der Waals surface area contributed by atoms with Gasteiger partial charge in [-0.3, -0.25) is 0 Å². The van der Waals surface area contributed by atoms with E-state index >= 15 is 0 Å². The number of hydrogen-bond acceptors (Lipinski definition) is 3. The monoisotopic (exact) mass is 652 g/mol. The summed E-state index contributed by atoms with van der Waals surface area (Å²) in [6.45, 7) is 0. The van der Waals surface area contributed by atoms with Gasteiger partial charge in [0.15, 0.2) is 8.07 Å². The van der Waals surface area contributed by atoms with Crippen LogP contribution in [0.5, 0.6) is 0 Å². The molecule has 232 valence electrons. The van der Waals surface area contributed by atoms with Crippen molar-refractivity contribution in [3.8, 4) is 35.0 Å². The van der Waals surface area contributed by atoms with E-state index in [0.29, 0.717) is 16.7 Å². The van der Waals surface area contributed by atoms with Crippen molar-refractivity contribution in [1.82, 2.24) is 4.57 Å². The van der Waals surface area contributed by atoms with Crippen LogP contribution in [0.3, 0.4) is 0 Å². The van der Waals surface area contributed by atoms with E-state index in [2.05, 4.69) is 126 Å². The predicted octanol–water partition coefficient (Wildman–Crippen LogP) is 7.44. The lowest BCUT2D eigenvalue weighted by molar-refractivity contribution is 1.18. The first kappa shape index (κ1) is 30.4. The molecule has 0 fully saturated rings. The van der Waals surface area contributed by atoms with Gasteiger partial charge in [0.25, 0.3) is 0 Å². The lowest BCUT2D eigenvalue weighted by atomic mass is 10.1. The van der Waals surface area contributed by atoms with Crippen LogP contribution in [0, 0.1) is 34.0 Å². The molecule has 0 aliphatic heterocycles. The molecule has 1 aromatic heterocycles. The molecule has 0 atom stereocenters. The fourth-order valence-electron chi connectivity index (χ4n) is 7.41. The summed E-state index contributed by atoms with van der Waals surface area (Å²) < 4.78 is 2.19. The van der Waals surface area contributed by atoms with Gasteiger partial charge in [0.2, 0.25) is 0 Å². The molecule has 8 aromatic rings. The maximum atomic E-state index is 10.3. The van der Waals surface area contributed by atoms with Gasteiger partial charge in [0, 0.05) is 16.5 Å². The Balaban J connectivity index is 1.25. The van der Waals surface area contributed by atoms with Crippen molar-refractivity contribution in [2.45, 2.75) is 0 Å². The van der Waals surface area contributed by atoms with Gasteiger partial charge >= 0.3 is 0 Å². The summed E-state index contributed by atoms with van der Waals surface area (Å²) in [7, 11) is -2.87. The van der Waals surface area contributed by atoms with E-state index in [0.717, 1.165) is 43.8 Å². The van der Waals surface area contributed by atoms with Crippen LogP contribution in [-0.2, 0) is 0 Å². The largest absolute Gasteiger partial charge is 0.309 e. The molecule has 0 saturated carbocycles. The van der Waals surface area contributed by atoms with Crippen molar-refractivity contribution in [1.29, 1.82) is 15.8 Å². The summed E-state index contributed by atoms with van der Waals surface area (Å²) >= 11 is 0. The van der Waals surface area contributed by atoms with Gasteiger partial charge in [-0.1, -0.05) is 115 Å². The summed E-state index contributed by atoms with van der Waals surface area (Å²) in [5, 5.41) is 36.1. The maximum Gasteiger partial charge on any atom is 0.180 e. The predicted molar refractivity (Wildman–Crippen MR) is 204 cm³/mol. The zero-order valence-electron chi connectivity index (χ0n) is 27.0. The Labute approximate surface area is 291 Å². The van der Waals surface area contributed by atoms with Crippen LogP contribution in [0.1, 0.15) is 16.7 Å². The second kappa shape index (κ2) is 12.6. The van der Waals surface area contributed by atoms with Crippen LogP contribution in [0.4, 0.5) is 0 Å². The quantitative estimate of drug-likeness (QED) is 0.138. The average Bonchev–Trinajstić information content (AvgIpc) is 3.52. The van der Waals surface area contributed by atoms with E-state index < -0.39 is 8.07 Å². The number of hydrogen-bond donors (Lipinski definition) is 0. The summed E-state index contributed by atoms with van der Waals surface area (Å²) in [5.41, 5.74) is 7.00. The minimum Gasteiger partial charge on any atom is -0.309 e. The zero-order chi connectivity index (χ0) is 34.1. The van der Waals surface area contributed by atoms with Crippen molar-refractivity contribution in [2.24, 2.45) is 0 Å². The highest BCUT2D eigenvalue weighted by atomic mass is 28.3. The van der Waals surface area contributed by atoms with E-state index in [-0.39, 0.29) is 0 Å². The fourth-order valence-corrected chi connectivity index (χ4v) is 12.3. The second-order valence-corrected chi connectivity index (χ2v) is 16.1. The molecule has 1 heterocycles. The Morgan fingerprint density at radius 2 is 0.880 bits per heavy atom. The van der Waals surface area contributed by atoms with Gasteiger partial charge in [-0.25, -0.2) is 0 Å². The molecule has 8 rings (SSSR count). The van der Waals surface area contributed by atoms with Crippen LogP contribution in [-0.4, -0.2) is 12.6 Å². The molecule has 0 N–H and O–H groups in total. The minimum atomic E-state index is -2.87. The third kappa shape index (κ3) is 4.88. The topological polar surface area (TPSA) is 76.3 Å². The molecule has 0 aliphatic rings. The van der Waals surface area contributed by atoms with Gasteiger partial charge in [-0.05, 0) is 86.5 Å². The third-order valence-corrected chi connectivity index (χ3v) is 14.5. The number of rotatable bonds is 6. The maximum absolute atomic E-state index is 10.3. The molecule has 0 amide bonds. The lowest BCUT2D eigenvalue weighted by Crippen LogP contribution is -2.75. The van der Waals surface area contributed by atoms with Crippen LogP contribution in [0.25, 0.3) is 38.6 Å². The van der Waals surface area contributed by atoms with Crippen molar-refractivity contribution >= 4 is 50.6 Å². The highest BCUT2D eigenvalue weighted by Crippen LogP contribution is 2.34. The Bertz CT molecular complexity index is 2540. The molecular weight excluding hydrogens is 625 g/mol. The Kier molecular flexibility index (Phi) is 7.63. The number of nitriles is 3. The van der Waals surface area contributed by atoms with Gasteiger partial charge in [-0.2, -0.15) is 15.8 Å². The van der Waals surface area contributed by atoms with Crippen molar-refractivity contribution < 1.29 is 0 Å². The molecule has 4 nitrogen and oxygen atoms in total. The Morgan fingerprint density at radius 3 is 1.38 bits per heavy atom. The van der Waals surface area contributed by atoms with E-state index in [1.54, 1.807) is 0 Å². The van der Waals surface area contributed by atoms with Crippen LogP contribution in [0.15, 0.2) is 170 Å². The Morgan fingerprint density at radius 1 is 0.420 bits per heavy atom. The first-order chi connectivity index (χ1) is 24.6. The van der Waals surface area contributed by atoms with Crippen molar-refractivity contribution in [2.75, 3.05) is 0 Å². The molecule has 50 heavy (non-hydrogen) atoms. The van der Waals surface area contributed by atoms with Gasteiger partial charge in [0.1, 0.15) is 0 Å². The highest BCUT2D eigenvalue weighted by Gasteiger charge is 2.42. The van der Waals surface area contributed by atoms with E-state index in [1.807, 2.05) is 66.7 Å². The number of aromatic nitrogens is 1. The standard InChI is InChI=1S/C45H28N4Si/c46-29-32-15-25-43-41(27-32)42-28-33(30-47)16-26-44(42)49(43)37-21-17-34(18-22-37)35-19-23-40(24-20-35)50(38-10-3-1-4-11-38,39-12-5-2-6-13-39)45-14-8-7-9-36(45)31-48/h1-28H. The SMILES string of the molecule is N#Cc1ccc2c(c1)c1cc(C#N)ccc1n2-c1ccc(-c2ccc([Si](c3ccccc3)(c3ccccc3)c3ccccc3C#N)cc2)cc1. The molecule has 0 bridgehead atoms. The molecule has 0 radical (unpaired) electrons. The lowest BCUT2D eigenvalue weighted by Gasteiger charge is -2.35. The van der Waals surface area contributed by atoms with E-state index in [1.165, 1.54) is 15.6 Å². The van der Waals surface area contributed by atoms with E-state index in [4.69, 9.17) is 0 Å². The fraction of sp³-hybridized carbons (Fsp3) is 0. The minimum absolute atomic E-state index is 0.584. The van der Waals surface area contributed by atoms with Crippen LogP contribution in [0.2, 0.25) is 0 Å². The molecule has 0 spiro atoms. The molecule has 0 aliphatic carbocycles. The molecule has 0 saturated heterocycles. The number of benzene rings is 7. The normalized spacial score (nSPS) is 11.1. The first-order valence-electron chi connectivity index (χ1n) is 16.4. The van der Waals surface area contributed by atoms with Gasteiger partial charge in [-0.15, -0.1) is 0 Å². The number of fused-ring (bicyclic) bond motifs is 3. The van der Waals surface area contributed by atoms with E-state index in [9.17, 15) is 15.8 Å². The highest BCUT2D eigenvalue weighted by molar-refractivity contribution is 7.20. The molecule has 7 aromatic carbocycles. The Hall–Kier alpha value is -6.97. The third-order valence-electron chi connectivity index (χ3n) is 9.67. The molecule has 0 unspecified atom stereocenters. The van der Waals surface area contributed by atoms with Gasteiger partial charge < -0.3 is 4.57 Å². The van der Waals surface area contributed by atoms with Gasteiger partial charge in [0.05, 0.1) is 45.9 Å². The van der Waals surface area contributed by atoms with Crippen LogP contribution >= 0.6 is 0 Å². The van der Waals surface area contributed by atoms with Crippen molar-refractivity contribution in [3.63, 3.8) is 0 Å². The summed E-state index contributed by atoms with van der Waals surface area (Å²) in [6, 6.07) is 65.1. The van der Waals surface area contributed by atoms with Crippen LogP contribution < -0.4 is 20.7 Å². The molecule has 5 heteroatoms. The summed E-state index contributed by atoms with van der Waals surface area (Å²) in [4.78, 5) is 0. The summed E-state index contributed by atoms with van der Waals surface area (Å²) in [5.74, 6) is 0. The smallest absolute Gasteiger partial charge is 0.180 e. The zero-order valence-corrected chi connectivity index (χ0v) is 28.0. The number of nitrogens with zero attached hydrogens (tertiary/aromatic N) is 4. The summed E-state index contributed by atoms with van der Waals surface area (Å²) in [6.07, 6.45) is 0. The second-order valence-electron chi connectivity index (χ2n) is 12.3. The molecular formula is C45H28N4Si. The average molecular weight is 653 g/mol. The first-order valence-corrected chi connectivity index (χ1v) is 18.4. The van der Waals surface area contributed by atoms with Crippen molar-refractivity contribution in [3.05, 3.63) is 187 Å².